The second kappa shape index (κ2) is 8.05. The molecule has 2 aromatic carbocycles. The highest BCUT2D eigenvalue weighted by molar-refractivity contribution is 9.10. The molecule has 0 fully saturated rings. The molecule has 1 aliphatic rings. The monoisotopic (exact) mass is 513 g/mol. The first-order chi connectivity index (χ1) is 15.5. The Morgan fingerprint density at radius 3 is 2.52 bits per heavy atom. The summed E-state index contributed by atoms with van der Waals surface area (Å²) in [6, 6.07) is 13.1. The minimum absolute atomic E-state index is 0.0392. The average molecular weight is 514 g/mol. The minimum atomic E-state index is -4.51. The van der Waals surface area contributed by atoms with Gasteiger partial charge >= 0.3 is 6.18 Å². The maximum absolute atomic E-state index is 13.4. The van der Waals surface area contributed by atoms with Crippen molar-refractivity contribution in [3.05, 3.63) is 86.7 Å². The van der Waals surface area contributed by atoms with Gasteiger partial charge in [0.25, 0.3) is 5.91 Å². The Hall–Kier alpha value is -3.64. The van der Waals surface area contributed by atoms with E-state index in [9.17, 15) is 28.0 Å². The van der Waals surface area contributed by atoms with Gasteiger partial charge in [-0.3, -0.25) is 9.59 Å². The van der Waals surface area contributed by atoms with Crippen LogP contribution < -0.4 is 5.32 Å². The van der Waals surface area contributed by atoms with Gasteiger partial charge in [-0.25, -0.2) is 0 Å². The van der Waals surface area contributed by atoms with Crippen LogP contribution in [0, 0.1) is 25.2 Å². The van der Waals surface area contributed by atoms with Crippen LogP contribution >= 0.6 is 15.9 Å². The van der Waals surface area contributed by atoms with Crippen LogP contribution in [0.4, 0.5) is 18.9 Å². The van der Waals surface area contributed by atoms with Crippen molar-refractivity contribution in [1.29, 1.82) is 5.26 Å². The Bertz CT molecular complexity index is 1410. The highest BCUT2D eigenvalue weighted by Gasteiger charge is 2.33. The summed E-state index contributed by atoms with van der Waals surface area (Å²) >= 11 is 3.32. The van der Waals surface area contributed by atoms with Crippen molar-refractivity contribution in [2.45, 2.75) is 20.0 Å². The number of allylic oxidation sites excluding steroid dienone is 1. The van der Waals surface area contributed by atoms with Gasteiger partial charge in [-0.15, -0.1) is 0 Å². The number of rotatable bonds is 3. The highest BCUT2D eigenvalue weighted by Crippen LogP contribution is 2.37. The average Bonchev–Trinajstić information content (AvgIpc) is 3.23. The molecule has 166 valence electrons. The smallest absolute Gasteiger partial charge is 0.321 e. The van der Waals surface area contributed by atoms with Crippen molar-refractivity contribution in [1.82, 2.24) is 4.57 Å². The standard InChI is InChI=1S/C24H15BrF3N3O2/c1-12-8-17(13(2)31(12)16-5-3-4-14(9-16)24(26,27)28)22(32)19(11-29)21-18-10-15(25)6-7-20(18)30-23(21)33/h3-10H,1-2H3,(H,30,33). The fraction of sp³-hybridized carbons (Fsp3) is 0.125. The van der Waals surface area contributed by atoms with Crippen LogP contribution in [0.3, 0.4) is 0 Å². The summed E-state index contributed by atoms with van der Waals surface area (Å²) in [6.07, 6.45) is -4.51. The van der Waals surface area contributed by atoms with Gasteiger partial charge in [0, 0.05) is 38.4 Å². The van der Waals surface area contributed by atoms with Gasteiger partial charge in [0.05, 0.1) is 11.1 Å². The number of halogens is 4. The van der Waals surface area contributed by atoms with E-state index in [-0.39, 0.29) is 22.4 Å². The first-order valence-electron chi connectivity index (χ1n) is 9.70. The second-order valence-electron chi connectivity index (χ2n) is 7.50. The fourth-order valence-corrected chi connectivity index (χ4v) is 4.31. The Morgan fingerprint density at radius 1 is 1.12 bits per heavy atom. The second-order valence-corrected chi connectivity index (χ2v) is 8.42. The molecule has 0 radical (unpaired) electrons. The number of carbonyl (C=O) groups is 2. The molecule has 0 bridgehead atoms. The van der Waals surface area contributed by atoms with Crippen molar-refractivity contribution >= 4 is 38.9 Å². The van der Waals surface area contributed by atoms with Gasteiger partial charge in [-0.1, -0.05) is 22.0 Å². The van der Waals surface area contributed by atoms with Crippen LogP contribution in [0.1, 0.15) is 32.9 Å². The third kappa shape index (κ3) is 3.87. The summed E-state index contributed by atoms with van der Waals surface area (Å²) in [5.41, 5.74) is 0.943. The number of ketones is 1. The van der Waals surface area contributed by atoms with Crippen LogP contribution in [0.5, 0.6) is 0 Å². The van der Waals surface area contributed by atoms with E-state index in [1.807, 2.05) is 6.07 Å². The predicted molar refractivity (Wildman–Crippen MR) is 120 cm³/mol. The van der Waals surface area contributed by atoms with Gasteiger partial charge in [0.15, 0.2) is 0 Å². The lowest BCUT2D eigenvalue weighted by Gasteiger charge is -2.13. The number of nitrogens with zero attached hydrogens (tertiary/aromatic N) is 2. The first-order valence-corrected chi connectivity index (χ1v) is 10.5. The molecule has 2 heterocycles. The summed E-state index contributed by atoms with van der Waals surface area (Å²) in [5.74, 6) is -1.25. The van der Waals surface area contributed by atoms with E-state index in [4.69, 9.17) is 0 Å². The molecule has 0 saturated carbocycles. The lowest BCUT2D eigenvalue weighted by molar-refractivity contribution is -0.137. The van der Waals surface area contributed by atoms with Crippen molar-refractivity contribution in [3.63, 3.8) is 0 Å². The molecule has 9 heteroatoms. The molecule has 5 nitrogen and oxygen atoms in total. The molecule has 33 heavy (non-hydrogen) atoms. The van der Waals surface area contributed by atoms with E-state index in [1.165, 1.54) is 22.8 Å². The van der Waals surface area contributed by atoms with E-state index < -0.39 is 23.4 Å². The summed E-state index contributed by atoms with van der Waals surface area (Å²) in [5, 5.41) is 12.4. The number of hydrogen-bond donors (Lipinski definition) is 1. The fourth-order valence-electron chi connectivity index (χ4n) is 3.95. The quantitative estimate of drug-likeness (QED) is 0.265. The number of anilines is 1. The van der Waals surface area contributed by atoms with Gasteiger partial charge in [0.2, 0.25) is 5.78 Å². The molecule has 1 amide bonds. The Kier molecular flexibility index (Phi) is 5.50. The molecular formula is C24H15BrF3N3O2. The first kappa shape index (κ1) is 22.6. The normalized spacial score (nSPS) is 14.5. The molecule has 0 spiro atoms. The predicted octanol–water partition coefficient (Wildman–Crippen LogP) is 5.99. The Balaban J connectivity index is 1.85. The molecule has 0 aliphatic carbocycles. The van der Waals surface area contributed by atoms with E-state index in [0.29, 0.717) is 27.1 Å². The Labute approximate surface area is 195 Å². The molecular weight excluding hydrogens is 499 g/mol. The van der Waals surface area contributed by atoms with E-state index in [1.54, 1.807) is 32.0 Å². The van der Waals surface area contributed by atoms with Gasteiger partial charge in [-0.05, 0) is 56.3 Å². The summed E-state index contributed by atoms with van der Waals surface area (Å²) in [7, 11) is 0. The van der Waals surface area contributed by atoms with Crippen LogP contribution in [0.15, 0.2) is 58.6 Å². The van der Waals surface area contributed by atoms with Crippen LogP contribution in [0.2, 0.25) is 0 Å². The number of amides is 1. The lowest BCUT2D eigenvalue weighted by Crippen LogP contribution is -2.12. The van der Waals surface area contributed by atoms with E-state index in [2.05, 4.69) is 21.2 Å². The van der Waals surface area contributed by atoms with Gasteiger partial charge in [-0.2, -0.15) is 18.4 Å². The largest absolute Gasteiger partial charge is 0.416 e. The van der Waals surface area contributed by atoms with Crippen molar-refractivity contribution in [2.24, 2.45) is 0 Å². The molecule has 4 rings (SSSR count). The Morgan fingerprint density at radius 2 is 1.85 bits per heavy atom. The molecule has 3 aromatic rings. The van der Waals surface area contributed by atoms with E-state index in [0.717, 1.165) is 12.1 Å². The molecule has 0 saturated heterocycles. The van der Waals surface area contributed by atoms with Crippen molar-refractivity contribution in [2.75, 3.05) is 5.32 Å². The third-order valence-corrected chi connectivity index (χ3v) is 5.92. The number of hydrogen-bond acceptors (Lipinski definition) is 3. The van der Waals surface area contributed by atoms with Crippen LogP contribution in [-0.4, -0.2) is 16.3 Å². The molecule has 0 unspecified atom stereocenters. The molecule has 1 aromatic heterocycles. The van der Waals surface area contributed by atoms with Crippen LogP contribution in [-0.2, 0) is 11.0 Å². The number of carbonyl (C=O) groups excluding carboxylic acids is 2. The number of nitriles is 1. The number of benzene rings is 2. The third-order valence-electron chi connectivity index (χ3n) is 5.42. The summed E-state index contributed by atoms with van der Waals surface area (Å²) in [4.78, 5) is 26.0. The summed E-state index contributed by atoms with van der Waals surface area (Å²) in [6.45, 7) is 3.23. The van der Waals surface area contributed by atoms with Crippen LogP contribution in [0.25, 0.3) is 11.3 Å². The number of alkyl halides is 3. The van der Waals surface area contributed by atoms with Gasteiger partial charge in [0.1, 0.15) is 11.6 Å². The van der Waals surface area contributed by atoms with Gasteiger partial charge < -0.3 is 9.88 Å². The zero-order valence-electron chi connectivity index (χ0n) is 17.3. The number of aryl methyl sites for hydroxylation is 1. The number of nitrogens with one attached hydrogen (secondary N) is 1. The molecule has 1 aliphatic heterocycles. The number of Topliss-reactive ketones (excluding diaryl/α,β-unsaturated/α-hetero) is 1. The zero-order valence-corrected chi connectivity index (χ0v) is 18.9. The maximum atomic E-state index is 13.4. The van der Waals surface area contributed by atoms with Crippen molar-refractivity contribution < 1.29 is 22.8 Å². The number of aromatic nitrogens is 1. The minimum Gasteiger partial charge on any atom is -0.321 e. The topological polar surface area (TPSA) is 74.9 Å². The zero-order chi connectivity index (χ0) is 24.1. The maximum Gasteiger partial charge on any atom is 0.416 e. The molecule has 0 atom stereocenters. The van der Waals surface area contributed by atoms with E-state index >= 15 is 0 Å². The highest BCUT2D eigenvalue weighted by atomic mass is 79.9. The summed E-state index contributed by atoms with van der Waals surface area (Å²) < 4.78 is 41.7. The van der Waals surface area contributed by atoms with Crippen molar-refractivity contribution in [3.8, 4) is 11.8 Å². The number of fused-ring (bicyclic) bond motifs is 1. The molecule has 1 N–H and O–H groups in total. The lowest BCUT2D eigenvalue weighted by atomic mass is 9.95. The SMILES string of the molecule is Cc1cc(C(=O)C(C#N)=C2C(=O)Nc3ccc(Br)cc32)c(C)n1-c1cccc(C(F)(F)F)c1.